The van der Waals surface area contributed by atoms with Crippen LogP contribution in [0.1, 0.15) is 36.8 Å². The van der Waals surface area contributed by atoms with Crippen molar-refractivity contribution in [3.63, 3.8) is 0 Å². The lowest BCUT2D eigenvalue weighted by Crippen LogP contribution is -2.31. The van der Waals surface area contributed by atoms with E-state index in [1.54, 1.807) is 19.1 Å². The zero-order chi connectivity index (χ0) is 13.7. The van der Waals surface area contributed by atoms with Gasteiger partial charge >= 0.3 is 5.97 Å². The van der Waals surface area contributed by atoms with Gasteiger partial charge in [-0.15, -0.1) is 0 Å². The smallest absolute Gasteiger partial charge is 0.341 e. The Bertz CT molecular complexity index is 458. The summed E-state index contributed by atoms with van der Waals surface area (Å²) in [5.41, 5.74) is 1.07. The molecule has 0 aliphatic rings. The number of ether oxygens (including phenoxy) is 1. The fourth-order valence-corrected chi connectivity index (χ4v) is 1.64. The van der Waals surface area contributed by atoms with E-state index in [9.17, 15) is 9.59 Å². The molecule has 1 aromatic heterocycles. The number of aromatic nitrogens is 1. The Morgan fingerprint density at radius 2 is 2.00 bits per heavy atom. The van der Waals surface area contributed by atoms with Gasteiger partial charge in [-0.05, 0) is 32.9 Å². The third kappa shape index (κ3) is 3.06. The van der Waals surface area contributed by atoms with Crippen LogP contribution in [0.3, 0.4) is 0 Å². The van der Waals surface area contributed by atoms with Crippen molar-refractivity contribution in [1.29, 1.82) is 0 Å². The number of anilines is 1. The maximum atomic E-state index is 11.8. The summed E-state index contributed by atoms with van der Waals surface area (Å²) < 4.78 is 4.97. The third-order valence-electron chi connectivity index (χ3n) is 2.46. The summed E-state index contributed by atoms with van der Waals surface area (Å²) in [4.78, 5) is 29.1. The van der Waals surface area contributed by atoms with Crippen molar-refractivity contribution in [2.24, 2.45) is 0 Å². The topological polar surface area (TPSA) is 59.5 Å². The lowest BCUT2D eigenvalue weighted by atomic mass is 10.2. The summed E-state index contributed by atoms with van der Waals surface area (Å²) in [7, 11) is 0. The fourth-order valence-electron chi connectivity index (χ4n) is 1.64. The molecule has 0 saturated carbocycles. The minimum Gasteiger partial charge on any atom is -0.462 e. The molecule has 5 nitrogen and oxygen atoms in total. The zero-order valence-electron chi connectivity index (χ0n) is 11.2. The van der Waals surface area contributed by atoms with Gasteiger partial charge in [0.25, 0.3) is 0 Å². The van der Waals surface area contributed by atoms with Gasteiger partial charge in [0.2, 0.25) is 5.91 Å². The number of nitrogens with zero attached hydrogens (tertiary/aromatic N) is 2. The highest BCUT2D eigenvalue weighted by Gasteiger charge is 2.20. The number of carbonyl (C=O) groups is 2. The van der Waals surface area contributed by atoms with E-state index in [1.165, 1.54) is 11.8 Å². The first-order chi connectivity index (χ1) is 8.51. The number of pyridine rings is 1. The van der Waals surface area contributed by atoms with Crippen molar-refractivity contribution < 1.29 is 14.3 Å². The quantitative estimate of drug-likeness (QED) is 0.766. The van der Waals surface area contributed by atoms with Gasteiger partial charge in [-0.1, -0.05) is 0 Å². The first kappa shape index (κ1) is 14.2. The largest absolute Gasteiger partial charge is 0.462 e. The molecule has 0 unspecified atom stereocenters. The van der Waals surface area contributed by atoms with Gasteiger partial charge < -0.3 is 4.74 Å². The van der Waals surface area contributed by atoms with Crippen LogP contribution in [0.5, 0.6) is 0 Å². The molecular weight excluding hydrogens is 232 g/mol. The zero-order valence-corrected chi connectivity index (χ0v) is 11.2. The molecule has 1 aromatic rings. The predicted molar refractivity (Wildman–Crippen MR) is 68.6 cm³/mol. The summed E-state index contributed by atoms with van der Waals surface area (Å²) in [6, 6.07) is 3.37. The number of rotatable bonds is 4. The number of hydrogen-bond donors (Lipinski definition) is 0. The highest BCUT2D eigenvalue weighted by Crippen LogP contribution is 2.19. The van der Waals surface area contributed by atoms with E-state index in [1.807, 2.05) is 13.8 Å². The van der Waals surface area contributed by atoms with Gasteiger partial charge in [0.05, 0.1) is 6.61 Å². The van der Waals surface area contributed by atoms with E-state index in [0.29, 0.717) is 24.5 Å². The van der Waals surface area contributed by atoms with E-state index >= 15 is 0 Å². The van der Waals surface area contributed by atoms with Gasteiger partial charge in [-0.3, -0.25) is 9.69 Å². The highest BCUT2D eigenvalue weighted by atomic mass is 16.5. The second kappa shape index (κ2) is 6.14. The maximum Gasteiger partial charge on any atom is 0.341 e. The Morgan fingerprint density at radius 1 is 1.33 bits per heavy atom. The standard InChI is InChI=1S/C13H18N2O3/c1-5-15(10(4)16)12-11(13(17)18-6-2)8-7-9(3)14-12/h7-8H,5-6H2,1-4H3. The average Bonchev–Trinajstić information content (AvgIpc) is 2.29. The van der Waals surface area contributed by atoms with Crippen molar-refractivity contribution >= 4 is 17.7 Å². The van der Waals surface area contributed by atoms with Crippen LogP contribution in [0.15, 0.2) is 12.1 Å². The normalized spacial score (nSPS) is 10.0. The summed E-state index contributed by atoms with van der Waals surface area (Å²) in [5.74, 6) is -0.246. The summed E-state index contributed by atoms with van der Waals surface area (Å²) in [6.07, 6.45) is 0. The van der Waals surface area contributed by atoms with E-state index in [0.717, 1.165) is 5.69 Å². The van der Waals surface area contributed by atoms with Crippen LogP contribution >= 0.6 is 0 Å². The average molecular weight is 250 g/mol. The summed E-state index contributed by atoms with van der Waals surface area (Å²) in [5, 5.41) is 0. The second-order valence-electron chi connectivity index (χ2n) is 3.81. The predicted octanol–water partition coefficient (Wildman–Crippen LogP) is 1.94. The number of hydrogen-bond acceptors (Lipinski definition) is 4. The maximum absolute atomic E-state index is 11.8. The molecule has 0 saturated heterocycles. The molecule has 0 fully saturated rings. The highest BCUT2D eigenvalue weighted by molar-refractivity contribution is 6.00. The Morgan fingerprint density at radius 3 is 2.50 bits per heavy atom. The SMILES string of the molecule is CCOC(=O)c1ccc(C)nc1N(CC)C(C)=O. The summed E-state index contributed by atoms with van der Waals surface area (Å²) >= 11 is 0. The first-order valence-electron chi connectivity index (χ1n) is 5.94. The number of amides is 1. The molecule has 0 bridgehead atoms. The Kier molecular flexibility index (Phi) is 4.83. The molecule has 1 heterocycles. The van der Waals surface area contributed by atoms with Crippen LogP contribution in [-0.4, -0.2) is 30.0 Å². The second-order valence-corrected chi connectivity index (χ2v) is 3.81. The van der Waals surface area contributed by atoms with Crippen molar-refractivity contribution in [2.75, 3.05) is 18.1 Å². The third-order valence-corrected chi connectivity index (χ3v) is 2.46. The van der Waals surface area contributed by atoms with Crippen LogP contribution in [-0.2, 0) is 9.53 Å². The van der Waals surface area contributed by atoms with E-state index in [4.69, 9.17) is 4.74 Å². The van der Waals surface area contributed by atoms with Gasteiger partial charge in [0.15, 0.2) is 0 Å². The molecular formula is C13H18N2O3. The molecule has 0 atom stereocenters. The lowest BCUT2D eigenvalue weighted by Gasteiger charge is -2.20. The minimum absolute atomic E-state index is 0.152. The number of esters is 1. The monoisotopic (exact) mass is 250 g/mol. The van der Waals surface area contributed by atoms with E-state index in [-0.39, 0.29) is 5.91 Å². The summed E-state index contributed by atoms with van der Waals surface area (Å²) in [6.45, 7) is 7.58. The molecule has 5 heteroatoms. The molecule has 18 heavy (non-hydrogen) atoms. The molecule has 0 radical (unpaired) electrons. The molecule has 0 N–H and O–H groups in total. The Hall–Kier alpha value is -1.91. The van der Waals surface area contributed by atoms with Crippen LogP contribution in [0.25, 0.3) is 0 Å². The van der Waals surface area contributed by atoms with Crippen LogP contribution in [0.2, 0.25) is 0 Å². The number of aryl methyl sites for hydroxylation is 1. The van der Waals surface area contributed by atoms with Gasteiger partial charge in [-0.2, -0.15) is 0 Å². The van der Waals surface area contributed by atoms with E-state index in [2.05, 4.69) is 4.98 Å². The molecule has 0 aliphatic heterocycles. The van der Waals surface area contributed by atoms with Gasteiger partial charge in [0.1, 0.15) is 11.4 Å². The van der Waals surface area contributed by atoms with Crippen molar-refractivity contribution in [3.05, 3.63) is 23.4 Å². The molecule has 0 aromatic carbocycles. The van der Waals surface area contributed by atoms with Crippen molar-refractivity contribution in [1.82, 2.24) is 4.98 Å². The van der Waals surface area contributed by atoms with Gasteiger partial charge in [-0.25, -0.2) is 9.78 Å². The molecule has 0 spiro atoms. The van der Waals surface area contributed by atoms with Crippen molar-refractivity contribution in [3.8, 4) is 0 Å². The minimum atomic E-state index is -0.459. The molecule has 1 rings (SSSR count). The molecule has 1 amide bonds. The fraction of sp³-hybridized carbons (Fsp3) is 0.462. The molecule has 0 aliphatic carbocycles. The Balaban J connectivity index is 3.26. The number of carbonyl (C=O) groups excluding carboxylic acids is 2. The van der Waals surface area contributed by atoms with Crippen molar-refractivity contribution in [2.45, 2.75) is 27.7 Å². The Labute approximate surface area is 107 Å². The first-order valence-corrected chi connectivity index (χ1v) is 5.94. The van der Waals surface area contributed by atoms with E-state index < -0.39 is 5.97 Å². The van der Waals surface area contributed by atoms with Crippen LogP contribution < -0.4 is 4.90 Å². The molecule has 98 valence electrons. The lowest BCUT2D eigenvalue weighted by molar-refractivity contribution is -0.116. The van der Waals surface area contributed by atoms with Gasteiger partial charge in [0, 0.05) is 19.2 Å². The van der Waals surface area contributed by atoms with Crippen LogP contribution in [0, 0.1) is 6.92 Å². The van der Waals surface area contributed by atoms with Crippen LogP contribution in [0.4, 0.5) is 5.82 Å².